The van der Waals surface area contributed by atoms with Crippen molar-refractivity contribution in [3.8, 4) is 0 Å². The molecular formula is C8H12N2O. The van der Waals surface area contributed by atoms with Gasteiger partial charge in [0.05, 0.1) is 12.1 Å². The van der Waals surface area contributed by atoms with Crippen LogP contribution in [0.3, 0.4) is 0 Å². The van der Waals surface area contributed by atoms with Crippen molar-refractivity contribution in [2.24, 2.45) is 0 Å². The highest BCUT2D eigenvalue weighted by molar-refractivity contribution is 4.87. The first kappa shape index (κ1) is 6.85. The van der Waals surface area contributed by atoms with Crippen LogP contribution < -0.4 is 0 Å². The van der Waals surface area contributed by atoms with Gasteiger partial charge < -0.3 is 5.11 Å². The van der Waals surface area contributed by atoms with Crippen molar-refractivity contribution in [2.75, 3.05) is 0 Å². The average molecular weight is 152 g/mol. The Hall–Kier alpha value is -0.830. The van der Waals surface area contributed by atoms with Crippen LogP contribution in [-0.2, 0) is 0 Å². The summed E-state index contributed by atoms with van der Waals surface area (Å²) in [5.41, 5.74) is 0. The quantitative estimate of drug-likeness (QED) is 0.651. The van der Waals surface area contributed by atoms with E-state index in [9.17, 15) is 5.11 Å². The first-order valence-corrected chi connectivity index (χ1v) is 4.05. The van der Waals surface area contributed by atoms with Crippen LogP contribution in [0.4, 0.5) is 0 Å². The number of hydrogen-bond acceptors (Lipinski definition) is 2. The molecule has 1 heterocycles. The van der Waals surface area contributed by atoms with E-state index in [2.05, 4.69) is 5.10 Å². The van der Waals surface area contributed by atoms with Gasteiger partial charge >= 0.3 is 0 Å². The van der Waals surface area contributed by atoms with Crippen molar-refractivity contribution >= 4 is 0 Å². The van der Waals surface area contributed by atoms with E-state index in [1.807, 2.05) is 16.9 Å². The molecule has 1 aromatic heterocycles. The highest BCUT2D eigenvalue weighted by atomic mass is 16.3. The molecule has 1 aliphatic carbocycles. The highest BCUT2D eigenvalue weighted by Gasteiger charge is 2.26. The van der Waals surface area contributed by atoms with Gasteiger partial charge in [-0.25, -0.2) is 0 Å². The topological polar surface area (TPSA) is 38.0 Å². The fraction of sp³-hybridized carbons (Fsp3) is 0.625. The minimum absolute atomic E-state index is 0.185. The standard InChI is InChI=1S/C8H12N2O/c11-8-4-1-3-7(8)10-6-2-5-9-10/h2,5-8,11H,1,3-4H2. The molecular weight excluding hydrogens is 140 g/mol. The van der Waals surface area contributed by atoms with Gasteiger partial charge in [0, 0.05) is 12.4 Å². The Balaban J connectivity index is 2.16. The van der Waals surface area contributed by atoms with Gasteiger partial charge in [0.15, 0.2) is 0 Å². The van der Waals surface area contributed by atoms with Crippen LogP contribution in [0.2, 0.25) is 0 Å². The molecule has 1 aromatic rings. The smallest absolute Gasteiger partial charge is 0.0778 e. The summed E-state index contributed by atoms with van der Waals surface area (Å²) in [5, 5.41) is 13.6. The molecule has 1 saturated carbocycles. The lowest BCUT2D eigenvalue weighted by molar-refractivity contribution is 0.130. The first-order valence-electron chi connectivity index (χ1n) is 4.05. The Kier molecular flexibility index (Phi) is 1.66. The van der Waals surface area contributed by atoms with E-state index in [1.165, 1.54) is 0 Å². The molecule has 11 heavy (non-hydrogen) atoms. The maximum atomic E-state index is 9.50. The molecule has 60 valence electrons. The lowest BCUT2D eigenvalue weighted by atomic mass is 10.2. The second-order valence-corrected chi connectivity index (χ2v) is 3.05. The van der Waals surface area contributed by atoms with Crippen molar-refractivity contribution in [1.82, 2.24) is 9.78 Å². The van der Waals surface area contributed by atoms with Crippen LogP contribution in [0.1, 0.15) is 25.3 Å². The van der Waals surface area contributed by atoms with E-state index in [0.29, 0.717) is 0 Å². The summed E-state index contributed by atoms with van der Waals surface area (Å²) in [5.74, 6) is 0. The number of rotatable bonds is 1. The van der Waals surface area contributed by atoms with Gasteiger partial charge in [0.1, 0.15) is 0 Å². The lowest BCUT2D eigenvalue weighted by Gasteiger charge is -2.14. The molecule has 0 radical (unpaired) electrons. The molecule has 0 saturated heterocycles. The van der Waals surface area contributed by atoms with Crippen LogP contribution >= 0.6 is 0 Å². The Bertz CT molecular complexity index is 220. The predicted octanol–water partition coefficient (Wildman–Crippen LogP) is 0.969. The number of hydrogen-bond donors (Lipinski definition) is 1. The molecule has 2 unspecified atom stereocenters. The average Bonchev–Trinajstić information content (AvgIpc) is 2.55. The predicted molar refractivity (Wildman–Crippen MR) is 41.1 cm³/mol. The summed E-state index contributed by atoms with van der Waals surface area (Å²) in [6.07, 6.45) is 6.58. The number of nitrogens with zero attached hydrogens (tertiary/aromatic N) is 2. The summed E-state index contributed by atoms with van der Waals surface area (Å²) in [6.45, 7) is 0. The van der Waals surface area contributed by atoms with E-state index in [4.69, 9.17) is 0 Å². The van der Waals surface area contributed by atoms with Crippen molar-refractivity contribution in [3.05, 3.63) is 18.5 Å². The van der Waals surface area contributed by atoms with Crippen LogP contribution in [0.25, 0.3) is 0 Å². The Labute approximate surface area is 65.7 Å². The fourth-order valence-corrected chi connectivity index (χ4v) is 1.71. The van der Waals surface area contributed by atoms with E-state index >= 15 is 0 Å². The minimum Gasteiger partial charge on any atom is -0.391 e. The molecule has 2 atom stereocenters. The third-order valence-corrected chi connectivity index (χ3v) is 2.31. The Morgan fingerprint density at radius 2 is 2.36 bits per heavy atom. The third kappa shape index (κ3) is 1.16. The molecule has 3 heteroatoms. The summed E-state index contributed by atoms with van der Waals surface area (Å²) in [4.78, 5) is 0. The SMILES string of the molecule is OC1CCCC1n1cccn1. The van der Waals surface area contributed by atoms with Gasteiger partial charge in [0.2, 0.25) is 0 Å². The maximum Gasteiger partial charge on any atom is 0.0778 e. The van der Waals surface area contributed by atoms with E-state index < -0.39 is 0 Å². The largest absolute Gasteiger partial charge is 0.391 e. The van der Waals surface area contributed by atoms with Gasteiger partial charge in [-0.15, -0.1) is 0 Å². The summed E-state index contributed by atoms with van der Waals surface area (Å²) >= 11 is 0. The van der Waals surface area contributed by atoms with Crippen molar-refractivity contribution in [1.29, 1.82) is 0 Å². The highest BCUT2D eigenvalue weighted by Crippen LogP contribution is 2.28. The van der Waals surface area contributed by atoms with Gasteiger partial charge in [-0.05, 0) is 25.3 Å². The number of aliphatic hydroxyl groups excluding tert-OH is 1. The monoisotopic (exact) mass is 152 g/mol. The second kappa shape index (κ2) is 2.66. The van der Waals surface area contributed by atoms with Crippen molar-refractivity contribution < 1.29 is 5.11 Å². The van der Waals surface area contributed by atoms with Crippen LogP contribution in [-0.4, -0.2) is 21.0 Å². The molecule has 0 aromatic carbocycles. The molecule has 0 amide bonds. The molecule has 2 rings (SSSR count). The fourth-order valence-electron chi connectivity index (χ4n) is 1.71. The zero-order valence-electron chi connectivity index (χ0n) is 6.35. The van der Waals surface area contributed by atoms with E-state index in [-0.39, 0.29) is 12.1 Å². The van der Waals surface area contributed by atoms with Crippen molar-refractivity contribution in [2.45, 2.75) is 31.4 Å². The molecule has 3 nitrogen and oxygen atoms in total. The molecule has 1 fully saturated rings. The van der Waals surface area contributed by atoms with Crippen LogP contribution in [0.5, 0.6) is 0 Å². The maximum absolute atomic E-state index is 9.50. The lowest BCUT2D eigenvalue weighted by Crippen LogP contribution is -2.18. The second-order valence-electron chi connectivity index (χ2n) is 3.05. The Morgan fingerprint density at radius 3 is 2.91 bits per heavy atom. The zero-order chi connectivity index (χ0) is 7.68. The molecule has 1 aliphatic rings. The normalized spacial score (nSPS) is 31.0. The van der Waals surface area contributed by atoms with Gasteiger partial charge in [0.25, 0.3) is 0 Å². The van der Waals surface area contributed by atoms with Gasteiger partial charge in [-0.3, -0.25) is 4.68 Å². The van der Waals surface area contributed by atoms with Gasteiger partial charge in [-0.2, -0.15) is 5.10 Å². The molecule has 1 N–H and O–H groups in total. The van der Waals surface area contributed by atoms with E-state index in [1.54, 1.807) is 6.20 Å². The Morgan fingerprint density at radius 1 is 1.45 bits per heavy atom. The number of aliphatic hydroxyl groups is 1. The third-order valence-electron chi connectivity index (χ3n) is 2.31. The van der Waals surface area contributed by atoms with Gasteiger partial charge in [-0.1, -0.05) is 0 Å². The van der Waals surface area contributed by atoms with Crippen molar-refractivity contribution in [3.63, 3.8) is 0 Å². The summed E-state index contributed by atoms with van der Waals surface area (Å²) in [6, 6.07) is 2.12. The van der Waals surface area contributed by atoms with Crippen LogP contribution in [0, 0.1) is 0 Å². The molecule has 0 spiro atoms. The first-order chi connectivity index (χ1) is 5.38. The summed E-state index contributed by atoms with van der Waals surface area (Å²) < 4.78 is 1.86. The zero-order valence-corrected chi connectivity index (χ0v) is 6.35. The molecule has 0 aliphatic heterocycles. The van der Waals surface area contributed by atoms with E-state index in [0.717, 1.165) is 19.3 Å². The summed E-state index contributed by atoms with van der Waals surface area (Å²) in [7, 11) is 0. The van der Waals surface area contributed by atoms with Crippen LogP contribution in [0.15, 0.2) is 18.5 Å². The molecule has 0 bridgehead atoms. The number of aromatic nitrogens is 2. The minimum atomic E-state index is -0.185.